The third kappa shape index (κ3) is 3.97. The number of furan rings is 1. The summed E-state index contributed by atoms with van der Waals surface area (Å²) in [5, 5.41) is 10.2. The van der Waals surface area contributed by atoms with Crippen LogP contribution in [0.4, 0.5) is 0 Å². The van der Waals surface area contributed by atoms with E-state index >= 15 is 0 Å². The van der Waals surface area contributed by atoms with Gasteiger partial charge in [0.05, 0.1) is 19.0 Å². The van der Waals surface area contributed by atoms with Gasteiger partial charge >= 0.3 is 0 Å². The Morgan fingerprint density at radius 1 is 1.23 bits per heavy atom. The second-order valence-corrected chi connectivity index (χ2v) is 5.81. The van der Waals surface area contributed by atoms with Crippen LogP contribution in [-0.4, -0.2) is 35.8 Å². The van der Waals surface area contributed by atoms with Crippen molar-refractivity contribution >= 4 is 0 Å². The van der Waals surface area contributed by atoms with Gasteiger partial charge in [0.25, 0.3) is 0 Å². The highest BCUT2D eigenvalue weighted by Gasteiger charge is 2.27. The molecule has 4 heteroatoms. The Balaban J connectivity index is 1.47. The van der Waals surface area contributed by atoms with E-state index in [0.29, 0.717) is 25.8 Å². The standard InChI is InChI=1S/C18H23NO3/c20-16(13-21-14-17-8-5-11-22-17)12-19-10-4-9-18(19)15-6-2-1-3-7-15/h1-3,5-8,11,16,18,20H,4,9-10,12-14H2. The van der Waals surface area contributed by atoms with Crippen LogP contribution in [-0.2, 0) is 11.3 Å². The maximum absolute atomic E-state index is 10.2. The molecule has 2 aromatic rings. The predicted octanol–water partition coefficient (Wildman–Crippen LogP) is 2.99. The zero-order valence-electron chi connectivity index (χ0n) is 12.7. The number of ether oxygens (including phenoxy) is 1. The molecule has 1 aliphatic heterocycles. The summed E-state index contributed by atoms with van der Waals surface area (Å²) < 4.78 is 10.7. The predicted molar refractivity (Wildman–Crippen MR) is 84.4 cm³/mol. The molecule has 118 valence electrons. The topological polar surface area (TPSA) is 45.8 Å². The second kappa shape index (κ2) is 7.58. The van der Waals surface area contributed by atoms with Crippen molar-refractivity contribution in [2.75, 3.05) is 19.7 Å². The zero-order valence-corrected chi connectivity index (χ0v) is 12.7. The third-order valence-corrected chi connectivity index (χ3v) is 4.13. The smallest absolute Gasteiger partial charge is 0.129 e. The number of rotatable bonds is 7. The van der Waals surface area contributed by atoms with Gasteiger partial charge in [0.1, 0.15) is 12.4 Å². The summed E-state index contributed by atoms with van der Waals surface area (Å²) in [5.41, 5.74) is 1.34. The minimum Gasteiger partial charge on any atom is -0.467 e. The first kappa shape index (κ1) is 15.3. The lowest BCUT2D eigenvalue weighted by molar-refractivity contribution is 0.00308. The van der Waals surface area contributed by atoms with Crippen LogP contribution in [0.15, 0.2) is 53.1 Å². The van der Waals surface area contributed by atoms with E-state index in [0.717, 1.165) is 18.7 Å². The van der Waals surface area contributed by atoms with E-state index in [2.05, 4.69) is 29.2 Å². The lowest BCUT2D eigenvalue weighted by Crippen LogP contribution is -2.34. The first-order chi connectivity index (χ1) is 10.8. The fraction of sp³-hybridized carbons (Fsp3) is 0.444. The maximum atomic E-state index is 10.2. The highest BCUT2D eigenvalue weighted by atomic mass is 16.5. The van der Waals surface area contributed by atoms with E-state index in [1.165, 1.54) is 12.0 Å². The van der Waals surface area contributed by atoms with Crippen molar-refractivity contribution in [2.45, 2.75) is 31.6 Å². The van der Waals surface area contributed by atoms with Gasteiger partial charge in [-0.25, -0.2) is 0 Å². The highest BCUT2D eigenvalue weighted by Crippen LogP contribution is 2.31. The number of likely N-dealkylation sites (tertiary alicyclic amines) is 1. The van der Waals surface area contributed by atoms with Crippen molar-refractivity contribution in [1.82, 2.24) is 4.90 Å². The normalized spacial score (nSPS) is 20.3. The van der Waals surface area contributed by atoms with Gasteiger partial charge in [-0.05, 0) is 37.1 Å². The van der Waals surface area contributed by atoms with Crippen LogP contribution in [0.25, 0.3) is 0 Å². The summed E-state index contributed by atoms with van der Waals surface area (Å²) in [7, 11) is 0. The van der Waals surface area contributed by atoms with Crippen LogP contribution in [0.5, 0.6) is 0 Å². The molecule has 3 rings (SSSR count). The number of aliphatic hydroxyl groups excluding tert-OH is 1. The van der Waals surface area contributed by atoms with Crippen molar-refractivity contribution < 1.29 is 14.3 Å². The molecule has 2 atom stereocenters. The molecule has 1 aromatic heterocycles. The van der Waals surface area contributed by atoms with E-state index in [-0.39, 0.29) is 0 Å². The Hall–Kier alpha value is -1.62. The number of benzene rings is 1. The monoisotopic (exact) mass is 301 g/mol. The molecule has 1 N–H and O–H groups in total. The average molecular weight is 301 g/mol. The maximum Gasteiger partial charge on any atom is 0.129 e. The zero-order chi connectivity index (χ0) is 15.2. The van der Waals surface area contributed by atoms with E-state index in [1.807, 2.05) is 18.2 Å². The molecule has 1 fully saturated rings. The first-order valence-electron chi connectivity index (χ1n) is 7.90. The molecule has 2 heterocycles. The molecule has 4 nitrogen and oxygen atoms in total. The van der Waals surface area contributed by atoms with Crippen molar-refractivity contribution in [1.29, 1.82) is 0 Å². The summed E-state index contributed by atoms with van der Waals surface area (Å²) in [6.45, 7) is 2.43. The van der Waals surface area contributed by atoms with Crippen molar-refractivity contribution in [3.8, 4) is 0 Å². The van der Waals surface area contributed by atoms with E-state index in [4.69, 9.17) is 9.15 Å². The van der Waals surface area contributed by atoms with Crippen molar-refractivity contribution in [3.05, 3.63) is 60.1 Å². The summed E-state index contributed by atoms with van der Waals surface area (Å²) in [4.78, 5) is 2.36. The number of aliphatic hydroxyl groups is 1. The summed E-state index contributed by atoms with van der Waals surface area (Å²) in [6.07, 6.45) is 3.49. The molecule has 1 aromatic carbocycles. The van der Waals surface area contributed by atoms with Crippen LogP contribution >= 0.6 is 0 Å². The van der Waals surface area contributed by atoms with Crippen LogP contribution in [0.1, 0.15) is 30.2 Å². The van der Waals surface area contributed by atoms with Gasteiger partial charge in [-0.2, -0.15) is 0 Å². The molecular formula is C18H23NO3. The molecule has 0 radical (unpaired) electrons. The molecule has 0 aliphatic carbocycles. The van der Waals surface area contributed by atoms with E-state index < -0.39 is 6.10 Å². The molecule has 0 saturated carbocycles. The highest BCUT2D eigenvalue weighted by molar-refractivity contribution is 5.20. The Kier molecular flexibility index (Phi) is 5.27. The molecule has 0 bridgehead atoms. The minimum absolute atomic E-state index is 0.332. The molecule has 0 amide bonds. The number of hydrogen-bond donors (Lipinski definition) is 1. The number of nitrogens with zero attached hydrogens (tertiary/aromatic N) is 1. The Labute approximate surface area is 131 Å². The Bertz CT molecular complexity index is 541. The fourth-order valence-corrected chi connectivity index (χ4v) is 3.11. The molecular weight excluding hydrogens is 278 g/mol. The largest absolute Gasteiger partial charge is 0.467 e. The van der Waals surface area contributed by atoms with Gasteiger partial charge < -0.3 is 14.3 Å². The average Bonchev–Trinajstić information content (AvgIpc) is 3.20. The minimum atomic E-state index is -0.473. The summed E-state index contributed by atoms with van der Waals surface area (Å²) in [5.74, 6) is 0.788. The first-order valence-corrected chi connectivity index (χ1v) is 7.90. The Morgan fingerprint density at radius 2 is 2.09 bits per heavy atom. The van der Waals surface area contributed by atoms with Gasteiger partial charge in [-0.15, -0.1) is 0 Å². The SMILES string of the molecule is OC(COCc1ccco1)CN1CCCC1c1ccccc1. The molecule has 0 spiro atoms. The quantitative estimate of drug-likeness (QED) is 0.854. The van der Waals surface area contributed by atoms with Gasteiger partial charge in [0, 0.05) is 12.6 Å². The summed E-state index contributed by atoms with van der Waals surface area (Å²) >= 11 is 0. The van der Waals surface area contributed by atoms with Crippen LogP contribution < -0.4 is 0 Å². The third-order valence-electron chi connectivity index (χ3n) is 4.13. The number of hydrogen-bond acceptors (Lipinski definition) is 4. The lowest BCUT2D eigenvalue weighted by atomic mass is 10.0. The molecule has 1 saturated heterocycles. The van der Waals surface area contributed by atoms with Crippen LogP contribution in [0.3, 0.4) is 0 Å². The molecule has 2 unspecified atom stereocenters. The van der Waals surface area contributed by atoms with Crippen LogP contribution in [0.2, 0.25) is 0 Å². The van der Waals surface area contributed by atoms with Gasteiger partial charge in [0.15, 0.2) is 0 Å². The van der Waals surface area contributed by atoms with Gasteiger partial charge in [0.2, 0.25) is 0 Å². The second-order valence-electron chi connectivity index (χ2n) is 5.81. The van der Waals surface area contributed by atoms with Crippen molar-refractivity contribution in [2.24, 2.45) is 0 Å². The lowest BCUT2D eigenvalue weighted by Gasteiger charge is -2.27. The Morgan fingerprint density at radius 3 is 2.86 bits per heavy atom. The van der Waals surface area contributed by atoms with Gasteiger partial charge in [-0.3, -0.25) is 4.90 Å². The van der Waals surface area contributed by atoms with E-state index in [9.17, 15) is 5.11 Å². The summed E-state index contributed by atoms with van der Waals surface area (Å²) in [6, 6.07) is 14.7. The number of β-amino-alcohol motifs (C(OH)–C–C–N with tert-alkyl or cyclic N) is 1. The van der Waals surface area contributed by atoms with E-state index in [1.54, 1.807) is 6.26 Å². The molecule has 1 aliphatic rings. The fourth-order valence-electron chi connectivity index (χ4n) is 3.11. The molecule has 22 heavy (non-hydrogen) atoms. The van der Waals surface area contributed by atoms with Crippen LogP contribution in [0, 0.1) is 0 Å². The van der Waals surface area contributed by atoms with Gasteiger partial charge in [-0.1, -0.05) is 30.3 Å². The van der Waals surface area contributed by atoms with Crippen molar-refractivity contribution in [3.63, 3.8) is 0 Å².